The van der Waals surface area contributed by atoms with E-state index in [2.05, 4.69) is 22.0 Å². The maximum absolute atomic E-state index is 5.72. The Labute approximate surface area is 109 Å². The zero-order valence-electron chi connectivity index (χ0n) is 9.44. The highest BCUT2D eigenvalue weighted by Crippen LogP contribution is 2.34. The standard InChI is InChI=1S/C14H12BrO2/c1-16-14-12(15)8-5-9-13(14)17-10-11-6-3-2-4-7-11/h2-7,9H,10H2,1H3. The predicted molar refractivity (Wildman–Crippen MR) is 70.3 cm³/mol. The van der Waals surface area contributed by atoms with Crippen LogP contribution in [0.15, 0.2) is 46.9 Å². The summed E-state index contributed by atoms with van der Waals surface area (Å²) >= 11 is 3.37. The molecule has 17 heavy (non-hydrogen) atoms. The van der Waals surface area contributed by atoms with Gasteiger partial charge in [-0.15, -0.1) is 0 Å². The summed E-state index contributed by atoms with van der Waals surface area (Å²) in [5, 5.41) is 0. The molecule has 0 aromatic heterocycles. The summed E-state index contributed by atoms with van der Waals surface area (Å²) in [6, 6.07) is 16.7. The molecule has 0 saturated heterocycles. The summed E-state index contributed by atoms with van der Waals surface area (Å²) in [7, 11) is 1.61. The van der Waals surface area contributed by atoms with Crippen molar-refractivity contribution in [2.45, 2.75) is 6.61 Å². The van der Waals surface area contributed by atoms with E-state index in [-0.39, 0.29) is 0 Å². The van der Waals surface area contributed by atoms with E-state index in [1.807, 2.05) is 36.4 Å². The number of ether oxygens (including phenoxy) is 2. The lowest BCUT2D eigenvalue weighted by Crippen LogP contribution is -1.97. The Hall–Kier alpha value is -1.48. The van der Waals surface area contributed by atoms with Crippen molar-refractivity contribution < 1.29 is 9.47 Å². The van der Waals surface area contributed by atoms with Crippen LogP contribution in [0, 0.1) is 6.07 Å². The minimum atomic E-state index is 0.521. The Kier molecular flexibility index (Phi) is 4.04. The largest absolute Gasteiger partial charge is 0.492 e. The molecule has 0 fully saturated rings. The summed E-state index contributed by atoms with van der Waals surface area (Å²) in [6.45, 7) is 0.521. The molecule has 2 aromatic carbocycles. The number of rotatable bonds is 4. The van der Waals surface area contributed by atoms with Gasteiger partial charge in [0.05, 0.1) is 11.6 Å². The van der Waals surface area contributed by atoms with E-state index >= 15 is 0 Å². The second-order valence-electron chi connectivity index (χ2n) is 3.46. The molecule has 0 spiro atoms. The fourth-order valence-corrected chi connectivity index (χ4v) is 1.97. The van der Waals surface area contributed by atoms with E-state index in [1.54, 1.807) is 13.2 Å². The Morgan fingerprint density at radius 2 is 1.94 bits per heavy atom. The summed E-state index contributed by atoms with van der Waals surface area (Å²) in [4.78, 5) is 0. The van der Waals surface area contributed by atoms with Crippen LogP contribution in [0.1, 0.15) is 5.56 Å². The lowest BCUT2D eigenvalue weighted by molar-refractivity contribution is 0.283. The first-order chi connectivity index (χ1) is 8.31. The van der Waals surface area contributed by atoms with E-state index < -0.39 is 0 Å². The van der Waals surface area contributed by atoms with Gasteiger partial charge in [-0.1, -0.05) is 30.3 Å². The molecule has 0 bridgehead atoms. The third-order valence-corrected chi connectivity index (χ3v) is 2.90. The van der Waals surface area contributed by atoms with Gasteiger partial charge in [0.25, 0.3) is 0 Å². The molecule has 0 N–H and O–H groups in total. The first kappa shape index (κ1) is 12.0. The molecule has 0 amide bonds. The molecule has 0 aliphatic heterocycles. The molecule has 87 valence electrons. The molecule has 0 aliphatic carbocycles. The van der Waals surface area contributed by atoms with Crippen LogP contribution in [-0.4, -0.2) is 7.11 Å². The summed E-state index contributed by atoms with van der Waals surface area (Å²) in [5.41, 5.74) is 1.12. The monoisotopic (exact) mass is 291 g/mol. The fourth-order valence-electron chi connectivity index (χ4n) is 1.48. The van der Waals surface area contributed by atoms with Crippen molar-refractivity contribution in [2.75, 3.05) is 7.11 Å². The molecule has 0 saturated carbocycles. The highest BCUT2D eigenvalue weighted by molar-refractivity contribution is 9.10. The van der Waals surface area contributed by atoms with Crippen molar-refractivity contribution >= 4 is 15.9 Å². The molecule has 0 heterocycles. The average molecular weight is 292 g/mol. The number of halogens is 1. The van der Waals surface area contributed by atoms with Crippen molar-refractivity contribution in [1.82, 2.24) is 0 Å². The van der Waals surface area contributed by atoms with Crippen molar-refractivity contribution in [3.63, 3.8) is 0 Å². The van der Waals surface area contributed by atoms with E-state index in [0.717, 1.165) is 10.0 Å². The maximum atomic E-state index is 5.72. The van der Waals surface area contributed by atoms with Gasteiger partial charge in [-0.25, -0.2) is 0 Å². The topological polar surface area (TPSA) is 18.5 Å². The molecule has 0 unspecified atom stereocenters. The smallest absolute Gasteiger partial charge is 0.175 e. The highest BCUT2D eigenvalue weighted by Gasteiger charge is 2.08. The van der Waals surface area contributed by atoms with E-state index in [0.29, 0.717) is 18.1 Å². The van der Waals surface area contributed by atoms with E-state index in [4.69, 9.17) is 9.47 Å². The van der Waals surface area contributed by atoms with Crippen LogP contribution in [0.2, 0.25) is 0 Å². The summed E-state index contributed by atoms with van der Waals surface area (Å²) in [6.07, 6.45) is 0. The Morgan fingerprint density at radius 1 is 1.18 bits per heavy atom. The SMILES string of the molecule is COc1c(Br)[c]ccc1OCc1ccccc1. The van der Waals surface area contributed by atoms with Gasteiger partial charge >= 0.3 is 0 Å². The summed E-state index contributed by atoms with van der Waals surface area (Å²) in [5.74, 6) is 1.38. The molecular weight excluding hydrogens is 280 g/mol. The Bertz CT molecular complexity index is 483. The van der Waals surface area contributed by atoms with Crippen molar-refractivity contribution in [3.8, 4) is 11.5 Å². The van der Waals surface area contributed by atoms with Gasteiger partial charge in [0.1, 0.15) is 6.61 Å². The average Bonchev–Trinajstić information content (AvgIpc) is 2.37. The first-order valence-electron chi connectivity index (χ1n) is 5.22. The second-order valence-corrected chi connectivity index (χ2v) is 4.26. The minimum absolute atomic E-state index is 0.521. The third kappa shape index (κ3) is 3.01. The molecule has 2 rings (SSSR count). The minimum Gasteiger partial charge on any atom is -0.492 e. The molecule has 0 aliphatic rings. The van der Waals surface area contributed by atoms with Crippen LogP contribution in [0.5, 0.6) is 11.5 Å². The maximum Gasteiger partial charge on any atom is 0.175 e. The lowest BCUT2D eigenvalue weighted by Gasteiger charge is -2.11. The van der Waals surface area contributed by atoms with Crippen LogP contribution in [-0.2, 0) is 6.61 Å². The van der Waals surface area contributed by atoms with Crippen LogP contribution < -0.4 is 9.47 Å². The zero-order valence-corrected chi connectivity index (χ0v) is 11.0. The number of methoxy groups -OCH3 is 1. The van der Waals surface area contributed by atoms with Crippen LogP contribution in [0.25, 0.3) is 0 Å². The van der Waals surface area contributed by atoms with Gasteiger partial charge in [-0.05, 0) is 33.6 Å². The second kappa shape index (κ2) is 5.73. The normalized spacial score (nSPS) is 10.0. The number of benzene rings is 2. The molecule has 2 nitrogen and oxygen atoms in total. The molecular formula is C14H12BrO2. The third-order valence-electron chi connectivity index (χ3n) is 2.31. The van der Waals surface area contributed by atoms with Crippen molar-refractivity contribution in [1.29, 1.82) is 0 Å². The van der Waals surface area contributed by atoms with Gasteiger partial charge in [0.2, 0.25) is 0 Å². The lowest BCUT2D eigenvalue weighted by atomic mass is 10.2. The predicted octanol–water partition coefficient (Wildman–Crippen LogP) is 3.84. The molecule has 1 radical (unpaired) electrons. The Morgan fingerprint density at radius 3 is 2.65 bits per heavy atom. The van der Waals surface area contributed by atoms with Gasteiger partial charge in [-0.2, -0.15) is 0 Å². The van der Waals surface area contributed by atoms with E-state index in [9.17, 15) is 0 Å². The first-order valence-corrected chi connectivity index (χ1v) is 6.01. The van der Waals surface area contributed by atoms with Gasteiger partial charge in [-0.3, -0.25) is 0 Å². The van der Waals surface area contributed by atoms with Crippen molar-refractivity contribution in [3.05, 3.63) is 58.6 Å². The van der Waals surface area contributed by atoms with Crippen LogP contribution >= 0.6 is 15.9 Å². The highest BCUT2D eigenvalue weighted by atomic mass is 79.9. The van der Waals surface area contributed by atoms with E-state index in [1.165, 1.54) is 0 Å². The quantitative estimate of drug-likeness (QED) is 0.852. The van der Waals surface area contributed by atoms with Gasteiger partial charge < -0.3 is 9.47 Å². The zero-order chi connectivity index (χ0) is 12.1. The molecule has 0 atom stereocenters. The fraction of sp³-hybridized carbons (Fsp3) is 0.143. The van der Waals surface area contributed by atoms with Crippen LogP contribution in [0.3, 0.4) is 0 Å². The summed E-state index contributed by atoms with van der Waals surface area (Å²) < 4.78 is 11.8. The Balaban J connectivity index is 2.12. The molecule has 3 heteroatoms. The molecule has 2 aromatic rings. The number of hydrogen-bond acceptors (Lipinski definition) is 2. The van der Waals surface area contributed by atoms with Gasteiger partial charge in [0.15, 0.2) is 11.5 Å². The number of hydrogen-bond donors (Lipinski definition) is 0. The van der Waals surface area contributed by atoms with Gasteiger partial charge in [0, 0.05) is 6.07 Å². The van der Waals surface area contributed by atoms with Crippen LogP contribution in [0.4, 0.5) is 0 Å². The van der Waals surface area contributed by atoms with Crippen molar-refractivity contribution in [2.24, 2.45) is 0 Å².